The zero-order chi connectivity index (χ0) is 78.2. The first-order chi connectivity index (χ1) is 50.2. The predicted molar refractivity (Wildman–Crippen MR) is 348 cm³/mol. The summed E-state index contributed by atoms with van der Waals surface area (Å²) in [5, 5.41) is 220. The van der Waals surface area contributed by atoms with Crippen LogP contribution in [-0.2, 0) is 80.7 Å². The molecule has 612 valence electrons. The largest absolute Gasteiger partial charge is 0.479 e. The number of ether oxygens (including phenoxy) is 14. The minimum atomic E-state index is -2.23. The summed E-state index contributed by atoms with van der Waals surface area (Å²) in [6.45, 7) is 12.0. The average Bonchev–Trinajstić information content (AvgIpc) is 0.670. The Balaban J connectivity index is 0.815. The molecule has 11 fully saturated rings. The van der Waals surface area contributed by atoms with Gasteiger partial charge in [0.25, 0.3) is 0 Å². The van der Waals surface area contributed by atoms with Gasteiger partial charge in [0.05, 0.1) is 56.3 Å². The Morgan fingerprint density at radius 1 is 0.486 bits per heavy atom. The maximum atomic E-state index is 15.9. The molecule has 12 aliphatic rings. The first-order valence-electron chi connectivity index (χ1n) is 37.0. The number of hydrogen-bond donors (Lipinski definition) is 20. The molecule has 43 atom stereocenters. The van der Waals surface area contributed by atoms with Crippen molar-refractivity contribution in [2.24, 2.45) is 50.2 Å². The third-order valence-corrected chi connectivity index (χ3v) is 26.9. The number of esters is 1. The number of carboxylic acids is 1. The molecule has 0 aromatic carbocycles. The second-order valence-corrected chi connectivity index (χ2v) is 33.6. The van der Waals surface area contributed by atoms with Gasteiger partial charge in [-0.15, -0.1) is 0 Å². The van der Waals surface area contributed by atoms with Crippen molar-refractivity contribution in [2.45, 2.75) is 328 Å². The van der Waals surface area contributed by atoms with E-state index < -0.39 is 298 Å². The zero-order valence-corrected chi connectivity index (χ0v) is 60.7. The first kappa shape index (κ1) is 83.5. The van der Waals surface area contributed by atoms with Gasteiger partial charge < -0.3 is 173 Å². The lowest BCUT2D eigenvalue weighted by atomic mass is 9.33. The van der Waals surface area contributed by atoms with Gasteiger partial charge in [0, 0.05) is 0 Å². The predicted octanol–water partition coefficient (Wildman–Crippen LogP) is -6.99. The fourth-order valence-corrected chi connectivity index (χ4v) is 20.2. The highest BCUT2D eigenvalue weighted by Crippen LogP contribution is 2.76. The number of hydrogen-bond acceptors (Lipinski definition) is 36. The molecule has 7 saturated heterocycles. The van der Waals surface area contributed by atoms with Crippen LogP contribution in [0.15, 0.2) is 11.6 Å². The normalized spacial score (nSPS) is 55.0. The average molecular weight is 1540 g/mol. The number of carboxylic acid groups (broad SMARTS) is 1. The molecule has 7 aliphatic heterocycles. The molecule has 7 heterocycles. The number of aliphatic hydroxyl groups is 19. The standard InChI is InChI=1S/C70H110O37/c1-24-36(77)43(84)54(105-61-49(90)52(103-59-46(87)41(82)39(80)30(19-71)98-59)50(25(2)97-61)101-57-44(85)37(78)28(74)21-94-57)62(96-24)107-64(93)70-16-15-65(3,4)17-27(70)26-9-10-33-66(5)13-12-35(67(6,23-73)32(66)11-14-68(33,7)69(26,8)18-34(70)76)100-63-55(106-60-47(88)42(83)40(81)31(20-72)99-60)51(48(89)53(104-63)56(91)92)102-58-45(86)38(79)29(75)22-95-58/h9,23-25,27-55,57-63,71-72,74-90H,10-22H2,1-8H3,(H,91,92)/t24-,25+,27+,28-,29-,30-,31-,32?,33?,34-,35+,36+,37+,38+,39+,40+,41+,42+,43+,44-,45-,46-,47-,48+,49-,50+,51+,52+,53+,54-,55-,57+,58+,59+,60+,61+,62+,63-,66+,67+,68-,69-,70-/m1/s1. The summed E-state index contributed by atoms with van der Waals surface area (Å²) in [7, 11) is 0. The van der Waals surface area contributed by atoms with Gasteiger partial charge in [0.2, 0.25) is 6.29 Å². The van der Waals surface area contributed by atoms with Crippen molar-refractivity contribution >= 4 is 18.2 Å². The Morgan fingerprint density at radius 2 is 1.00 bits per heavy atom. The smallest absolute Gasteiger partial charge is 0.335 e. The summed E-state index contributed by atoms with van der Waals surface area (Å²) in [4.78, 5) is 43.2. The highest BCUT2D eigenvalue weighted by atomic mass is 16.8. The van der Waals surface area contributed by atoms with Crippen LogP contribution < -0.4 is 0 Å². The van der Waals surface area contributed by atoms with E-state index in [0.717, 1.165) is 11.9 Å². The summed E-state index contributed by atoms with van der Waals surface area (Å²) < 4.78 is 84.6. The van der Waals surface area contributed by atoms with Crippen molar-refractivity contribution in [3.8, 4) is 0 Å². The highest BCUT2D eigenvalue weighted by molar-refractivity contribution is 5.80. The monoisotopic (exact) mass is 1540 g/mol. The molecule has 2 unspecified atom stereocenters. The van der Waals surface area contributed by atoms with Crippen LogP contribution in [0.25, 0.3) is 0 Å². The third-order valence-electron chi connectivity index (χ3n) is 26.9. The summed E-state index contributed by atoms with van der Waals surface area (Å²) in [5.41, 5.74) is -5.01. The molecular weight excluding hydrogens is 1430 g/mol. The quantitative estimate of drug-likeness (QED) is 0.0262. The summed E-state index contributed by atoms with van der Waals surface area (Å²) >= 11 is 0. The number of allylic oxidation sites excluding steroid dienone is 2. The summed E-state index contributed by atoms with van der Waals surface area (Å²) in [6.07, 6.45) is -58.4. The van der Waals surface area contributed by atoms with Crippen LogP contribution in [0.4, 0.5) is 0 Å². The number of carbonyl (C=O) groups is 3. The van der Waals surface area contributed by atoms with Gasteiger partial charge in [-0.2, -0.15) is 0 Å². The highest BCUT2D eigenvalue weighted by Gasteiger charge is 2.73. The Bertz CT molecular complexity index is 3130. The van der Waals surface area contributed by atoms with Gasteiger partial charge in [-0.3, -0.25) is 4.79 Å². The van der Waals surface area contributed by atoms with E-state index in [1.54, 1.807) is 6.92 Å². The van der Waals surface area contributed by atoms with Crippen molar-refractivity contribution in [3.63, 3.8) is 0 Å². The van der Waals surface area contributed by atoms with E-state index in [0.29, 0.717) is 38.5 Å². The Hall–Kier alpha value is -2.93. The van der Waals surface area contributed by atoms with Crippen LogP contribution in [-0.4, -0.2) is 362 Å². The van der Waals surface area contributed by atoms with Crippen molar-refractivity contribution in [1.82, 2.24) is 0 Å². The topological polar surface area (TPSA) is 585 Å². The molecule has 0 aromatic rings. The van der Waals surface area contributed by atoms with Gasteiger partial charge in [-0.1, -0.05) is 53.2 Å². The Labute approximate surface area is 615 Å². The van der Waals surface area contributed by atoms with Gasteiger partial charge >= 0.3 is 11.9 Å². The van der Waals surface area contributed by atoms with E-state index in [1.807, 2.05) is 0 Å². The number of fused-ring (bicyclic) bond motifs is 7. The van der Waals surface area contributed by atoms with Crippen LogP contribution in [0.3, 0.4) is 0 Å². The molecule has 107 heavy (non-hydrogen) atoms. The molecule has 0 aromatic heterocycles. The van der Waals surface area contributed by atoms with E-state index >= 15 is 4.79 Å². The first-order valence-corrected chi connectivity index (χ1v) is 37.0. The molecular formula is C70H110O37. The lowest BCUT2D eigenvalue weighted by Crippen LogP contribution is -2.69. The van der Waals surface area contributed by atoms with E-state index in [4.69, 9.17) is 66.3 Å². The molecule has 0 spiro atoms. The minimum Gasteiger partial charge on any atom is -0.479 e. The molecule has 12 rings (SSSR count). The van der Waals surface area contributed by atoms with Gasteiger partial charge in [0.1, 0.15) is 146 Å². The second-order valence-electron chi connectivity index (χ2n) is 33.6. The number of carbonyl (C=O) groups excluding carboxylic acids is 2. The lowest BCUT2D eigenvalue weighted by Gasteiger charge is -2.71. The fraction of sp³-hybridized carbons (Fsp3) is 0.929. The molecule has 0 bridgehead atoms. The molecule has 0 radical (unpaired) electrons. The molecule has 37 nitrogen and oxygen atoms in total. The molecule has 0 amide bonds. The lowest BCUT2D eigenvalue weighted by molar-refractivity contribution is -0.394. The van der Waals surface area contributed by atoms with E-state index in [2.05, 4.69) is 40.7 Å². The SMILES string of the molecule is C[C@@H]1O[C@@H](O[C@H]2[C@H](OC(=O)[C@]34CCC(C)(C)C[C@H]3C3=CCC5[C@@]6(C)CC[C@H](O[C@@H]7O[C@H](C(=O)O)[C@@H](O)[C@H](O[C@@H]8OC[C@@H](O)[C@H](O)[C@H]8O)[C@H]7O[C@@H]7O[C@H](CO)[C@H](O)[C@H](O)[C@H]7O)[C@@](C)(C=O)C6CC[C@@]5(C)[C@]3(C)C[C@H]4O)O[C@H](C)[C@H](O)[C@@H]2O)[C@H](O)[C@H](O[C@@H]2O[C@H](CO)[C@H](O)[C@H](O)[C@H]2O)[C@H]1O[C@@H]1OC[C@@H](O)[C@H](O)[C@H]1O. The van der Waals surface area contributed by atoms with Crippen LogP contribution in [0, 0.1) is 50.2 Å². The van der Waals surface area contributed by atoms with Crippen LogP contribution in [0.1, 0.15) is 113 Å². The molecule has 37 heteroatoms. The zero-order valence-electron chi connectivity index (χ0n) is 60.7. The number of aliphatic hydroxyl groups excluding tert-OH is 19. The van der Waals surface area contributed by atoms with Gasteiger partial charge in [-0.25, -0.2) is 4.79 Å². The maximum Gasteiger partial charge on any atom is 0.335 e. The van der Waals surface area contributed by atoms with Crippen LogP contribution in [0.2, 0.25) is 0 Å². The molecule has 4 saturated carbocycles. The third kappa shape index (κ3) is 14.3. The minimum absolute atomic E-state index is 0.0111. The van der Waals surface area contributed by atoms with Gasteiger partial charge in [-0.05, 0) is 111 Å². The summed E-state index contributed by atoms with van der Waals surface area (Å²) in [5.74, 6) is -4.17. The molecule has 20 N–H and O–H groups in total. The second kappa shape index (κ2) is 31.4. The van der Waals surface area contributed by atoms with E-state index in [1.165, 1.54) is 13.8 Å². The van der Waals surface area contributed by atoms with Crippen molar-refractivity contribution < 1.29 is 183 Å². The molecule has 5 aliphatic carbocycles. The number of aldehydes is 1. The maximum absolute atomic E-state index is 15.9. The Kier molecular flexibility index (Phi) is 24.5. The number of aliphatic carboxylic acids is 1. The summed E-state index contributed by atoms with van der Waals surface area (Å²) in [6, 6.07) is 0. The number of rotatable bonds is 18. The fourth-order valence-electron chi connectivity index (χ4n) is 20.2. The van der Waals surface area contributed by atoms with Gasteiger partial charge in [0.15, 0.2) is 49.9 Å². The van der Waals surface area contributed by atoms with E-state index in [9.17, 15) is 112 Å². The van der Waals surface area contributed by atoms with Crippen molar-refractivity contribution in [2.75, 3.05) is 26.4 Å². The van der Waals surface area contributed by atoms with Crippen molar-refractivity contribution in [3.05, 3.63) is 11.6 Å². The van der Waals surface area contributed by atoms with Crippen molar-refractivity contribution in [1.29, 1.82) is 0 Å². The van der Waals surface area contributed by atoms with E-state index in [-0.39, 0.29) is 25.2 Å². The van der Waals surface area contributed by atoms with Crippen LogP contribution in [0.5, 0.6) is 0 Å². The Morgan fingerprint density at radius 3 is 1.56 bits per heavy atom. The van der Waals surface area contributed by atoms with Crippen LogP contribution >= 0.6 is 0 Å².